The Morgan fingerprint density at radius 1 is 1.04 bits per heavy atom. The minimum Gasteiger partial charge on any atom is -0.344 e. The Kier molecular flexibility index (Phi) is 16.2. The summed E-state index contributed by atoms with van der Waals surface area (Å²) in [5.41, 5.74) is 6.04. The lowest BCUT2D eigenvalue weighted by Crippen LogP contribution is -2.11. The topological polar surface area (TPSA) is 4.93 Å². The number of fused-ring (bicyclic) bond motifs is 1. The molecule has 0 aromatic carbocycles. The quantitative estimate of drug-likeness (QED) is 0.466. The molecule has 152 valence electrons. The largest absolute Gasteiger partial charge is 0.344 e. The number of hydrogen-bond acceptors (Lipinski definition) is 0. The molecule has 2 heterocycles. The van der Waals surface area contributed by atoms with Crippen molar-refractivity contribution in [2.75, 3.05) is 0 Å². The molecule has 0 saturated heterocycles. The van der Waals surface area contributed by atoms with Crippen LogP contribution in [-0.2, 0) is 13.0 Å². The molecule has 0 aliphatic carbocycles. The lowest BCUT2D eigenvalue weighted by molar-refractivity contribution is 0.529. The molecule has 2 rings (SSSR count). The molecule has 0 spiro atoms. The summed E-state index contributed by atoms with van der Waals surface area (Å²) in [6.07, 6.45) is 10.6. The van der Waals surface area contributed by atoms with Crippen LogP contribution in [0.4, 0.5) is 4.39 Å². The SMILES string of the molecule is C=C/C(C)=C(/F)C=C.C=Cc1cc2n(c1/C(C)=C\C)CCCC2.CC.CC. The fourth-order valence-electron chi connectivity index (χ4n) is 2.66. The number of aryl methyl sites for hydroxylation is 1. The summed E-state index contributed by atoms with van der Waals surface area (Å²) in [7, 11) is 0. The van der Waals surface area contributed by atoms with Crippen molar-refractivity contribution in [2.45, 2.75) is 74.3 Å². The molecule has 0 fully saturated rings. The summed E-state index contributed by atoms with van der Waals surface area (Å²) in [6.45, 7) is 25.6. The van der Waals surface area contributed by atoms with Gasteiger partial charge in [0.1, 0.15) is 5.83 Å². The molecule has 0 radical (unpaired) electrons. The van der Waals surface area contributed by atoms with Crippen LogP contribution >= 0.6 is 0 Å². The summed E-state index contributed by atoms with van der Waals surface area (Å²) >= 11 is 0. The Morgan fingerprint density at radius 3 is 2.04 bits per heavy atom. The average Bonchev–Trinajstić information content (AvgIpc) is 3.14. The number of allylic oxidation sites excluding steroid dienone is 6. The third-order valence-electron chi connectivity index (χ3n) is 4.17. The standard InChI is InChI=1S/C14H19N.C7H9F.2C2H6/c1-4-11(3)14-12(5-2)10-13-8-6-7-9-15(13)14;1-4-6(3)7(8)5-2;2*1-2/h4-5,10H,2,6-9H2,1,3H3;4-5H,1-2H2,3H3;2*1-2H3/b11-4-;7-6+;;. The molecule has 1 aromatic rings. The summed E-state index contributed by atoms with van der Waals surface area (Å²) < 4.78 is 14.7. The second kappa shape index (κ2) is 16.1. The van der Waals surface area contributed by atoms with Crippen LogP contribution in [0.1, 0.15) is 78.3 Å². The lowest BCUT2D eigenvalue weighted by Gasteiger charge is -2.18. The average molecular weight is 374 g/mol. The lowest BCUT2D eigenvalue weighted by atomic mass is 10.1. The predicted octanol–water partition coefficient (Wildman–Crippen LogP) is 8.54. The van der Waals surface area contributed by atoms with E-state index < -0.39 is 0 Å². The van der Waals surface area contributed by atoms with Gasteiger partial charge in [0.25, 0.3) is 0 Å². The van der Waals surface area contributed by atoms with Gasteiger partial charge in [0, 0.05) is 12.2 Å². The van der Waals surface area contributed by atoms with Crippen molar-refractivity contribution in [1.82, 2.24) is 4.57 Å². The highest BCUT2D eigenvalue weighted by Crippen LogP contribution is 2.28. The van der Waals surface area contributed by atoms with Gasteiger partial charge < -0.3 is 4.57 Å². The number of rotatable bonds is 4. The summed E-state index contributed by atoms with van der Waals surface area (Å²) in [5.74, 6) is -0.306. The van der Waals surface area contributed by atoms with Crippen LogP contribution in [0.25, 0.3) is 11.6 Å². The van der Waals surface area contributed by atoms with Gasteiger partial charge >= 0.3 is 0 Å². The van der Waals surface area contributed by atoms with E-state index in [4.69, 9.17) is 0 Å². The fourth-order valence-corrected chi connectivity index (χ4v) is 2.66. The summed E-state index contributed by atoms with van der Waals surface area (Å²) in [5, 5.41) is 0. The normalized spacial score (nSPS) is 13.1. The van der Waals surface area contributed by atoms with E-state index in [9.17, 15) is 4.39 Å². The second-order valence-electron chi connectivity index (χ2n) is 5.66. The molecule has 27 heavy (non-hydrogen) atoms. The molecule has 0 amide bonds. The molecule has 0 atom stereocenters. The number of halogens is 1. The Hall–Kier alpha value is -2.09. The van der Waals surface area contributed by atoms with Crippen LogP contribution in [0, 0.1) is 0 Å². The predicted molar refractivity (Wildman–Crippen MR) is 124 cm³/mol. The van der Waals surface area contributed by atoms with E-state index in [1.165, 1.54) is 54.4 Å². The van der Waals surface area contributed by atoms with E-state index in [-0.39, 0.29) is 5.83 Å². The molecular weight excluding hydrogens is 333 g/mol. The molecular formula is C25H40FN. The van der Waals surface area contributed by atoms with Gasteiger partial charge in [0.2, 0.25) is 0 Å². The maximum atomic E-state index is 12.2. The molecule has 0 N–H and O–H groups in total. The Balaban J connectivity index is 0. The van der Waals surface area contributed by atoms with E-state index in [2.05, 4.69) is 50.3 Å². The van der Waals surface area contributed by atoms with Gasteiger partial charge in [-0.3, -0.25) is 0 Å². The molecule has 0 unspecified atom stereocenters. The van der Waals surface area contributed by atoms with Crippen molar-refractivity contribution < 1.29 is 4.39 Å². The number of hydrogen-bond donors (Lipinski definition) is 0. The van der Waals surface area contributed by atoms with E-state index in [1.807, 2.05) is 33.8 Å². The molecule has 0 bridgehead atoms. The first-order chi connectivity index (χ1) is 13.0. The van der Waals surface area contributed by atoms with Gasteiger partial charge in [-0.1, -0.05) is 65.7 Å². The zero-order valence-corrected chi connectivity index (χ0v) is 18.7. The molecule has 0 saturated carbocycles. The first kappa shape index (κ1) is 27.1. The fraction of sp³-hybridized carbons (Fsp3) is 0.440. The van der Waals surface area contributed by atoms with Gasteiger partial charge in [-0.15, -0.1) is 0 Å². The van der Waals surface area contributed by atoms with Crippen LogP contribution in [0.15, 0.2) is 55.4 Å². The van der Waals surface area contributed by atoms with E-state index in [1.54, 1.807) is 6.92 Å². The summed E-state index contributed by atoms with van der Waals surface area (Å²) in [6, 6.07) is 2.30. The first-order valence-electron chi connectivity index (χ1n) is 10.1. The molecule has 1 aromatic heterocycles. The van der Waals surface area contributed by atoms with Gasteiger partial charge in [-0.2, -0.15) is 0 Å². The minimum atomic E-state index is -0.306. The second-order valence-corrected chi connectivity index (χ2v) is 5.66. The van der Waals surface area contributed by atoms with Gasteiger partial charge in [-0.05, 0) is 68.9 Å². The van der Waals surface area contributed by atoms with Crippen LogP contribution in [-0.4, -0.2) is 4.57 Å². The third kappa shape index (κ3) is 8.43. The van der Waals surface area contributed by atoms with Crippen molar-refractivity contribution in [1.29, 1.82) is 0 Å². The monoisotopic (exact) mass is 373 g/mol. The summed E-state index contributed by atoms with van der Waals surface area (Å²) in [4.78, 5) is 0. The van der Waals surface area contributed by atoms with E-state index in [0.29, 0.717) is 5.57 Å². The van der Waals surface area contributed by atoms with Crippen molar-refractivity contribution in [3.63, 3.8) is 0 Å². The maximum absolute atomic E-state index is 12.2. The Morgan fingerprint density at radius 2 is 1.63 bits per heavy atom. The smallest absolute Gasteiger partial charge is 0.125 e. The molecule has 2 heteroatoms. The molecule has 1 aliphatic rings. The third-order valence-corrected chi connectivity index (χ3v) is 4.17. The highest BCUT2D eigenvalue weighted by atomic mass is 19.1. The van der Waals surface area contributed by atoms with Crippen molar-refractivity contribution >= 4 is 11.6 Å². The number of aromatic nitrogens is 1. The highest BCUT2D eigenvalue weighted by Gasteiger charge is 2.16. The van der Waals surface area contributed by atoms with Crippen LogP contribution < -0.4 is 0 Å². The van der Waals surface area contributed by atoms with Gasteiger partial charge in [0.05, 0.1) is 5.69 Å². The van der Waals surface area contributed by atoms with Crippen LogP contribution in [0.5, 0.6) is 0 Å². The first-order valence-corrected chi connectivity index (χ1v) is 10.1. The Bertz CT molecular complexity index is 626. The zero-order valence-electron chi connectivity index (χ0n) is 18.7. The Labute approximate surface area is 167 Å². The molecule has 1 nitrogen and oxygen atoms in total. The van der Waals surface area contributed by atoms with Gasteiger partial charge in [-0.25, -0.2) is 4.39 Å². The minimum absolute atomic E-state index is 0.306. The van der Waals surface area contributed by atoms with Crippen molar-refractivity contribution in [3.05, 3.63) is 72.4 Å². The highest BCUT2D eigenvalue weighted by molar-refractivity contribution is 5.71. The van der Waals surface area contributed by atoms with Crippen molar-refractivity contribution in [2.24, 2.45) is 0 Å². The van der Waals surface area contributed by atoms with E-state index >= 15 is 0 Å². The zero-order chi connectivity index (χ0) is 21.4. The van der Waals surface area contributed by atoms with Crippen molar-refractivity contribution in [3.8, 4) is 0 Å². The van der Waals surface area contributed by atoms with Crippen LogP contribution in [0.2, 0.25) is 0 Å². The van der Waals surface area contributed by atoms with Gasteiger partial charge in [0.15, 0.2) is 0 Å². The van der Waals surface area contributed by atoms with Crippen LogP contribution in [0.3, 0.4) is 0 Å². The number of nitrogens with zero attached hydrogens (tertiary/aromatic N) is 1. The molecule has 1 aliphatic heterocycles. The van der Waals surface area contributed by atoms with E-state index in [0.717, 1.165) is 6.08 Å². The maximum Gasteiger partial charge on any atom is 0.125 e.